The van der Waals surface area contributed by atoms with Crippen LogP contribution in [0.25, 0.3) is 22.3 Å². The number of para-hydroxylation sites is 2. The summed E-state index contributed by atoms with van der Waals surface area (Å²) in [5.41, 5.74) is 5.93. The van der Waals surface area contributed by atoms with Gasteiger partial charge >= 0.3 is 0 Å². The Bertz CT molecular complexity index is 1320. The van der Waals surface area contributed by atoms with Crippen LogP contribution in [0.2, 0.25) is 0 Å². The van der Waals surface area contributed by atoms with E-state index in [0.717, 1.165) is 44.0 Å². The van der Waals surface area contributed by atoms with Crippen molar-refractivity contribution >= 4 is 26.7 Å². The summed E-state index contributed by atoms with van der Waals surface area (Å²) in [5, 5.41) is 1.60. The third-order valence-electron chi connectivity index (χ3n) is 6.13. The van der Waals surface area contributed by atoms with Gasteiger partial charge < -0.3 is 9.05 Å². The van der Waals surface area contributed by atoms with Crippen LogP contribution < -0.4 is 19.7 Å². The Kier molecular flexibility index (Phi) is 4.79. The van der Waals surface area contributed by atoms with Gasteiger partial charge in [0.25, 0.3) is 16.1 Å². The predicted molar refractivity (Wildman–Crippen MR) is 130 cm³/mol. The lowest BCUT2D eigenvalue weighted by atomic mass is 9.96. The molecular weight excluding hydrogens is 438 g/mol. The summed E-state index contributed by atoms with van der Waals surface area (Å²) in [7, 11) is -4.78. The van der Waals surface area contributed by atoms with Gasteiger partial charge in [-0.25, -0.2) is 0 Å². The molecule has 4 aromatic rings. The van der Waals surface area contributed by atoms with Crippen molar-refractivity contribution in [1.29, 1.82) is 0 Å². The van der Waals surface area contributed by atoms with E-state index < -0.39 is 16.1 Å². The number of rotatable bonds is 3. The van der Waals surface area contributed by atoms with E-state index >= 15 is 0 Å². The molecule has 2 atom stereocenters. The second kappa shape index (κ2) is 7.81. The largest absolute Gasteiger partial charge is 0.441 e. The van der Waals surface area contributed by atoms with Gasteiger partial charge in [0.05, 0.1) is 10.6 Å². The Morgan fingerprint density at radius 2 is 0.906 bits per heavy atom. The predicted octanol–water partition coefficient (Wildman–Crippen LogP) is 5.79. The maximum atomic E-state index is 13.0. The molecular formula is C26H20O4P2. The van der Waals surface area contributed by atoms with E-state index in [1.54, 1.807) is 0 Å². The summed E-state index contributed by atoms with van der Waals surface area (Å²) in [5.74, 6) is 1.35. The second-order valence-electron chi connectivity index (χ2n) is 7.95. The summed E-state index contributed by atoms with van der Waals surface area (Å²) in [4.78, 5) is 0. The van der Waals surface area contributed by atoms with Gasteiger partial charge in [-0.3, -0.25) is 9.13 Å². The van der Waals surface area contributed by atoms with E-state index in [-0.39, 0.29) is 0 Å². The van der Waals surface area contributed by atoms with Crippen molar-refractivity contribution in [2.45, 2.75) is 12.8 Å². The van der Waals surface area contributed by atoms with Crippen molar-refractivity contribution in [1.82, 2.24) is 0 Å². The monoisotopic (exact) mass is 458 g/mol. The molecule has 0 saturated heterocycles. The van der Waals surface area contributed by atoms with Crippen molar-refractivity contribution in [3.05, 3.63) is 96.1 Å². The molecule has 4 nitrogen and oxygen atoms in total. The molecule has 4 aromatic carbocycles. The average molecular weight is 458 g/mol. The number of benzene rings is 4. The number of hydrogen-bond donors (Lipinski definition) is 0. The summed E-state index contributed by atoms with van der Waals surface area (Å²) < 4.78 is 37.6. The van der Waals surface area contributed by atoms with Crippen molar-refractivity contribution in [3.63, 3.8) is 0 Å². The summed E-state index contributed by atoms with van der Waals surface area (Å²) in [6.07, 6.45) is 1.36. The van der Waals surface area contributed by atoms with Gasteiger partial charge in [0.2, 0.25) is 0 Å². The quantitative estimate of drug-likeness (QED) is 0.365. The lowest BCUT2D eigenvalue weighted by molar-refractivity contribution is 0.512. The highest BCUT2D eigenvalue weighted by molar-refractivity contribution is 7.49. The number of aryl methyl sites for hydroxylation is 2. The molecule has 2 unspecified atom stereocenters. The molecule has 0 radical (unpaired) electrons. The van der Waals surface area contributed by atoms with Crippen molar-refractivity contribution < 1.29 is 18.2 Å². The van der Waals surface area contributed by atoms with E-state index in [4.69, 9.17) is 9.05 Å². The summed E-state index contributed by atoms with van der Waals surface area (Å²) >= 11 is 0. The van der Waals surface area contributed by atoms with Crippen LogP contribution in [0.15, 0.2) is 84.9 Å². The van der Waals surface area contributed by atoms with Gasteiger partial charge in [0.1, 0.15) is 11.5 Å². The Labute approximate surface area is 187 Å². The first-order valence-corrected chi connectivity index (χ1v) is 13.2. The molecule has 2 aliphatic rings. The maximum absolute atomic E-state index is 13.0. The SMILES string of the molecule is O=[PH]1Oc2ccccc2-c2cccc(CCc3cccc4c3[PH](=O)Oc3ccccc3-4)c21. The van der Waals surface area contributed by atoms with Gasteiger partial charge in [-0.15, -0.1) is 0 Å². The Balaban J connectivity index is 1.38. The van der Waals surface area contributed by atoms with Crippen molar-refractivity contribution in [3.8, 4) is 33.8 Å². The highest BCUT2D eigenvalue weighted by atomic mass is 31.1. The maximum Gasteiger partial charge on any atom is 0.266 e. The van der Waals surface area contributed by atoms with Gasteiger partial charge in [-0.05, 0) is 47.2 Å². The van der Waals surface area contributed by atoms with Crippen LogP contribution in [0.5, 0.6) is 11.5 Å². The van der Waals surface area contributed by atoms with Crippen LogP contribution in [0, 0.1) is 0 Å². The lowest BCUT2D eigenvalue weighted by Gasteiger charge is -2.24. The summed E-state index contributed by atoms with van der Waals surface area (Å²) in [6.45, 7) is 0. The zero-order valence-corrected chi connectivity index (χ0v) is 19.1. The Morgan fingerprint density at radius 3 is 1.38 bits per heavy atom. The molecule has 0 fully saturated rings. The minimum Gasteiger partial charge on any atom is -0.441 e. The molecule has 0 saturated carbocycles. The lowest BCUT2D eigenvalue weighted by Crippen LogP contribution is -2.19. The first kappa shape index (κ1) is 19.6. The van der Waals surface area contributed by atoms with E-state index in [0.29, 0.717) is 24.3 Å². The molecule has 0 amide bonds. The molecule has 6 rings (SSSR count). The highest BCUT2D eigenvalue weighted by Crippen LogP contribution is 2.45. The Morgan fingerprint density at radius 1 is 0.500 bits per heavy atom. The molecule has 0 aromatic heterocycles. The smallest absolute Gasteiger partial charge is 0.266 e. The minimum absolute atomic E-state index is 0.674. The molecule has 2 aliphatic heterocycles. The molecule has 0 N–H and O–H groups in total. The van der Waals surface area contributed by atoms with E-state index in [2.05, 4.69) is 0 Å². The molecule has 0 spiro atoms. The minimum atomic E-state index is -2.39. The van der Waals surface area contributed by atoms with Gasteiger partial charge in [-0.1, -0.05) is 72.8 Å². The fourth-order valence-corrected chi connectivity index (χ4v) is 7.45. The van der Waals surface area contributed by atoms with Crippen molar-refractivity contribution in [2.24, 2.45) is 0 Å². The number of fused-ring (bicyclic) bond motifs is 6. The fraction of sp³-hybridized carbons (Fsp3) is 0.0769. The van der Waals surface area contributed by atoms with Gasteiger partial charge in [0, 0.05) is 11.1 Å². The standard InChI is InChI=1S/C26H20O4P2/c27-31-25-17(7-5-11-21(25)19-9-1-3-13-23(19)29-31)15-16-18-8-6-12-22-20-10-2-4-14-24(20)30-32(28)26(18)22/h1-14,31-32H,15-16H2. The second-order valence-corrected chi connectivity index (χ2v) is 10.5. The normalized spacial score (nSPS) is 17.8. The van der Waals surface area contributed by atoms with Gasteiger partial charge in [0.15, 0.2) is 0 Å². The number of hydrogen-bond acceptors (Lipinski definition) is 4. The highest BCUT2D eigenvalue weighted by Gasteiger charge is 2.27. The van der Waals surface area contributed by atoms with E-state index in [9.17, 15) is 9.13 Å². The molecule has 32 heavy (non-hydrogen) atoms. The fourth-order valence-electron chi connectivity index (χ4n) is 4.68. The zero-order chi connectivity index (χ0) is 21.7. The Hall–Kier alpha value is -3.06. The first-order valence-electron chi connectivity index (χ1n) is 10.6. The third-order valence-corrected chi connectivity index (χ3v) is 8.94. The van der Waals surface area contributed by atoms with Crippen LogP contribution in [-0.4, -0.2) is 0 Å². The van der Waals surface area contributed by atoms with Gasteiger partial charge in [-0.2, -0.15) is 0 Å². The van der Waals surface area contributed by atoms with Crippen LogP contribution in [0.4, 0.5) is 0 Å². The zero-order valence-electron chi connectivity index (χ0n) is 17.1. The van der Waals surface area contributed by atoms with Crippen molar-refractivity contribution in [2.75, 3.05) is 0 Å². The van der Waals surface area contributed by atoms with Crippen LogP contribution >= 0.6 is 16.1 Å². The molecule has 2 heterocycles. The molecule has 158 valence electrons. The average Bonchev–Trinajstić information content (AvgIpc) is 2.82. The first-order chi connectivity index (χ1) is 15.7. The molecule has 6 heteroatoms. The van der Waals surface area contributed by atoms with E-state index in [1.807, 2.05) is 84.9 Å². The topological polar surface area (TPSA) is 52.6 Å². The van der Waals surface area contributed by atoms with Crippen LogP contribution in [0.1, 0.15) is 11.1 Å². The van der Waals surface area contributed by atoms with Crippen LogP contribution in [-0.2, 0) is 22.0 Å². The molecule has 0 aliphatic carbocycles. The van der Waals surface area contributed by atoms with E-state index in [1.165, 1.54) is 0 Å². The van der Waals surface area contributed by atoms with Crippen LogP contribution in [0.3, 0.4) is 0 Å². The molecule has 0 bridgehead atoms. The summed E-state index contributed by atoms with van der Waals surface area (Å²) in [6, 6.07) is 27.5. The third kappa shape index (κ3) is 3.14.